The Morgan fingerprint density at radius 2 is 1.80 bits per heavy atom. The molecule has 3 N–H and O–H groups in total. The van der Waals surface area contributed by atoms with Gasteiger partial charge < -0.3 is 10.6 Å². The van der Waals surface area contributed by atoms with Gasteiger partial charge in [0.05, 0.1) is 10.9 Å². The molecule has 138 valence electrons. The quantitative estimate of drug-likeness (QED) is 0.716. The first-order valence-corrected chi connectivity index (χ1v) is 10.4. The molecule has 7 heteroatoms. The summed E-state index contributed by atoms with van der Waals surface area (Å²) in [6.07, 6.45) is 5.23. The largest absolute Gasteiger partial charge is 0.350 e. The van der Waals surface area contributed by atoms with Crippen LogP contribution in [-0.4, -0.2) is 33.5 Å². The van der Waals surface area contributed by atoms with E-state index in [9.17, 15) is 13.2 Å². The number of nitrogens with one attached hydrogen (secondary N) is 3. The summed E-state index contributed by atoms with van der Waals surface area (Å²) >= 11 is 0. The standard InChI is InChI=1S/C18H27N3O3S/c1-12(14-3-7-17(8-4-14)25(23,24)19-2)20-18(22)11-13-9-15-5-6-16(10-13)21-15/h3-4,7-8,12-13,15-16,19,21H,5-6,9-11H2,1-2H3,(H,20,22). The molecule has 2 bridgehead atoms. The summed E-state index contributed by atoms with van der Waals surface area (Å²) < 4.78 is 25.8. The van der Waals surface area contributed by atoms with Crippen molar-refractivity contribution in [1.82, 2.24) is 15.4 Å². The van der Waals surface area contributed by atoms with Gasteiger partial charge in [-0.1, -0.05) is 12.1 Å². The molecule has 0 aromatic heterocycles. The Bertz CT molecular complexity index is 706. The van der Waals surface area contributed by atoms with Gasteiger partial charge in [0.15, 0.2) is 0 Å². The van der Waals surface area contributed by atoms with Crippen molar-refractivity contribution in [1.29, 1.82) is 0 Å². The summed E-state index contributed by atoms with van der Waals surface area (Å²) in [5, 5.41) is 6.64. The zero-order chi connectivity index (χ0) is 18.0. The number of amides is 1. The Morgan fingerprint density at radius 3 is 2.36 bits per heavy atom. The first kappa shape index (κ1) is 18.4. The topological polar surface area (TPSA) is 87.3 Å². The zero-order valence-electron chi connectivity index (χ0n) is 14.8. The Morgan fingerprint density at radius 1 is 1.20 bits per heavy atom. The molecule has 2 fully saturated rings. The van der Waals surface area contributed by atoms with E-state index in [1.54, 1.807) is 24.3 Å². The van der Waals surface area contributed by atoms with Crippen molar-refractivity contribution in [3.05, 3.63) is 29.8 Å². The number of piperidine rings is 1. The number of carbonyl (C=O) groups excluding carboxylic acids is 1. The maximum Gasteiger partial charge on any atom is 0.240 e. The lowest BCUT2D eigenvalue weighted by Crippen LogP contribution is -2.40. The minimum absolute atomic E-state index is 0.0747. The number of benzene rings is 1. The van der Waals surface area contributed by atoms with Gasteiger partial charge >= 0.3 is 0 Å². The molecule has 2 aliphatic heterocycles. The van der Waals surface area contributed by atoms with Crippen molar-refractivity contribution >= 4 is 15.9 Å². The van der Waals surface area contributed by atoms with Crippen LogP contribution in [0.3, 0.4) is 0 Å². The molecule has 1 aromatic carbocycles. The highest BCUT2D eigenvalue weighted by Gasteiger charge is 2.34. The van der Waals surface area contributed by atoms with E-state index in [1.165, 1.54) is 19.9 Å². The van der Waals surface area contributed by atoms with Crippen LogP contribution in [0.1, 0.15) is 50.6 Å². The van der Waals surface area contributed by atoms with Gasteiger partial charge in [0.1, 0.15) is 0 Å². The minimum atomic E-state index is -3.43. The average molecular weight is 365 g/mol. The predicted molar refractivity (Wildman–Crippen MR) is 96.5 cm³/mol. The van der Waals surface area contributed by atoms with Crippen molar-refractivity contribution in [3.63, 3.8) is 0 Å². The van der Waals surface area contributed by atoms with Crippen molar-refractivity contribution in [2.45, 2.75) is 62.0 Å². The van der Waals surface area contributed by atoms with E-state index in [0.29, 0.717) is 24.4 Å². The number of hydrogen-bond acceptors (Lipinski definition) is 4. The highest BCUT2D eigenvalue weighted by molar-refractivity contribution is 7.89. The second kappa shape index (κ2) is 7.43. The van der Waals surface area contributed by atoms with Gasteiger partial charge in [0.2, 0.25) is 15.9 Å². The van der Waals surface area contributed by atoms with Crippen LogP contribution in [0.4, 0.5) is 0 Å². The maximum absolute atomic E-state index is 12.4. The van der Waals surface area contributed by atoms with Crippen LogP contribution in [0.15, 0.2) is 29.2 Å². The van der Waals surface area contributed by atoms with Gasteiger partial charge in [0.25, 0.3) is 0 Å². The van der Waals surface area contributed by atoms with Gasteiger partial charge in [-0.05, 0) is 63.3 Å². The molecule has 0 spiro atoms. The average Bonchev–Trinajstić information content (AvgIpc) is 2.93. The molecular formula is C18H27N3O3S. The molecule has 6 nitrogen and oxygen atoms in total. The molecule has 2 aliphatic rings. The minimum Gasteiger partial charge on any atom is -0.350 e. The molecular weight excluding hydrogens is 338 g/mol. The van der Waals surface area contributed by atoms with Crippen LogP contribution in [0.5, 0.6) is 0 Å². The molecule has 0 radical (unpaired) electrons. The Hall–Kier alpha value is -1.44. The summed E-state index contributed by atoms with van der Waals surface area (Å²) in [6, 6.07) is 7.67. The third-order valence-electron chi connectivity index (χ3n) is 5.38. The third-order valence-corrected chi connectivity index (χ3v) is 6.81. The lowest BCUT2D eigenvalue weighted by molar-refractivity contribution is -0.122. The van der Waals surface area contributed by atoms with Crippen LogP contribution in [0.25, 0.3) is 0 Å². The molecule has 1 aromatic rings. The van der Waals surface area contributed by atoms with Gasteiger partial charge in [-0.2, -0.15) is 0 Å². The second-order valence-corrected chi connectivity index (χ2v) is 9.13. The van der Waals surface area contributed by atoms with Gasteiger partial charge in [0, 0.05) is 18.5 Å². The van der Waals surface area contributed by atoms with Crippen molar-refractivity contribution < 1.29 is 13.2 Å². The maximum atomic E-state index is 12.4. The van der Waals surface area contributed by atoms with Crippen LogP contribution < -0.4 is 15.4 Å². The molecule has 3 rings (SSSR count). The van der Waals surface area contributed by atoms with Crippen molar-refractivity contribution in [2.24, 2.45) is 5.92 Å². The van der Waals surface area contributed by atoms with Gasteiger partial charge in [-0.3, -0.25) is 4.79 Å². The van der Waals surface area contributed by atoms with Crippen LogP contribution >= 0.6 is 0 Å². The van der Waals surface area contributed by atoms with E-state index in [4.69, 9.17) is 0 Å². The molecule has 25 heavy (non-hydrogen) atoms. The van der Waals surface area contributed by atoms with Crippen molar-refractivity contribution in [2.75, 3.05) is 7.05 Å². The fourth-order valence-corrected chi connectivity index (χ4v) is 4.77. The van der Waals surface area contributed by atoms with Crippen LogP contribution in [0.2, 0.25) is 0 Å². The first-order chi connectivity index (χ1) is 11.9. The van der Waals surface area contributed by atoms with Crippen LogP contribution in [0, 0.1) is 5.92 Å². The van der Waals surface area contributed by atoms with Gasteiger partial charge in [-0.15, -0.1) is 0 Å². The van der Waals surface area contributed by atoms with E-state index >= 15 is 0 Å². The van der Waals surface area contributed by atoms with E-state index < -0.39 is 10.0 Å². The molecule has 3 atom stereocenters. The van der Waals surface area contributed by atoms with E-state index in [0.717, 1.165) is 18.4 Å². The molecule has 0 saturated carbocycles. The summed E-state index contributed by atoms with van der Waals surface area (Å²) in [7, 11) is -2.04. The number of fused-ring (bicyclic) bond motifs is 2. The number of carbonyl (C=O) groups is 1. The molecule has 0 aliphatic carbocycles. The van der Waals surface area contributed by atoms with Gasteiger partial charge in [-0.25, -0.2) is 13.1 Å². The SMILES string of the molecule is CNS(=O)(=O)c1ccc(C(C)NC(=O)CC2CC3CCC(C2)N3)cc1. The number of rotatable bonds is 6. The third kappa shape index (κ3) is 4.40. The lowest BCUT2D eigenvalue weighted by Gasteiger charge is -2.29. The molecule has 2 heterocycles. The summed E-state index contributed by atoms with van der Waals surface area (Å²) in [5.74, 6) is 0.542. The van der Waals surface area contributed by atoms with Crippen molar-refractivity contribution in [3.8, 4) is 0 Å². The molecule has 3 unspecified atom stereocenters. The monoisotopic (exact) mass is 365 g/mol. The van der Waals surface area contributed by atoms with E-state index in [1.807, 2.05) is 6.92 Å². The summed E-state index contributed by atoms with van der Waals surface area (Å²) in [5.41, 5.74) is 0.897. The Kier molecular flexibility index (Phi) is 5.46. The highest BCUT2D eigenvalue weighted by Crippen LogP contribution is 2.32. The Balaban J connectivity index is 1.54. The first-order valence-electron chi connectivity index (χ1n) is 8.96. The normalized spacial score (nSPS) is 27.0. The fourth-order valence-electron chi connectivity index (χ4n) is 4.04. The lowest BCUT2D eigenvalue weighted by atomic mass is 9.89. The number of sulfonamides is 1. The molecule has 1 amide bonds. The highest BCUT2D eigenvalue weighted by atomic mass is 32.2. The van der Waals surface area contributed by atoms with Crippen LogP contribution in [-0.2, 0) is 14.8 Å². The predicted octanol–water partition coefficient (Wildman–Crippen LogP) is 1.69. The second-order valence-electron chi connectivity index (χ2n) is 7.25. The number of hydrogen-bond donors (Lipinski definition) is 3. The molecule has 2 saturated heterocycles. The smallest absolute Gasteiger partial charge is 0.240 e. The Labute approximate surface area is 149 Å². The van der Waals surface area contributed by atoms with E-state index in [2.05, 4.69) is 15.4 Å². The summed E-state index contributed by atoms with van der Waals surface area (Å²) in [4.78, 5) is 12.6. The fraction of sp³-hybridized carbons (Fsp3) is 0.611. The summed E-state index contributed by atoms with van der Waals surface area (Å²) in [6.45, 7) is 1.92. The zero-order valence-corrected chi connectivity index (χ0v) is 15.6. The van der Waals surface area contributed by atoms with E-state index in [-0.39, 0.29) is 16.8 Å².